The lowest BCUT2D eigenvalue weighted by Gasteiger charge is -2.27. The van der Waals surface area contributed by atoms with Gasteiger partial charge < -0.3 is 5.11 Å². The van der Waals surface area contributed by atoms with Crippen molar-refractivity contribution in [1.29, 1.82) is 0 Å². The van der Waals surface area contributed by atoms with Gasteiger partial charge in [0.05, 0.1) is 6.10 Å². The molecule has 1 nitrogen and oxygen atoms in total. The van der Waals surface area contributed by atoms with Crippen molar-refractivity contribution in [3.8, 4) is 0 Å². The van der Waals surface area contributed by atoms with E-state index < -0.39 is 0 Å². The van der Waals surface area contributed by atoms with E-state index in [2.05, 4.69) is 0 Å². The first kappa shape index (κ1) is 8.55. The lowest BCUT2D eigenvalue weighted by molar-refractivity contribution is 0.0635. The van der Waals surface area contributed by atoms with Crippen LogP contribution in [0.5, 0.6) is 0 Å². The van der Waals surface area contributed by atoms with Crippen molar-refractivity contribution in [3.63, 3.8) is 0 Å². The zero-order valence-electron chi connectivity index (χ0n) is 7.84. The number of hydrogen-bond acceptors (Lipinski definition) is 1. The molecule has 0 amide bonds. The molecule has 0 spiro atoms. The lowest BCUT2D eigenvalue weighted by atomic mass is 9.83. The Balaban J connectivity index is 1.68. The Labute approximate surface area is 75.2 Å². The molecule has 0 aromatic carbocycles. The summed E-state index contributed by atoms with van der Waals surface area (Å²) in [5.74, 6) is 1.69. The Bertz CT molecular complexity index is 140. The summed E-state index contributed by atoms with van der Waals surface area (Å²) < 4.78 is 0. The van der Waals surface area contributed by atoms with E-state index in [1.165, 1.54) is 44.9 Å². The molecule has 1 heteroatoms. The first-order valence-electron chi connectivity index (χ1n) is 5.54. The minimum atomic E-state index is 0.0394. The predicted molar refractivity (Wildman–Crippen MR) is 49.9 cm³/mol. The van der Waals surface area contributed by atoms with Crippen LogP contribution in [0.25, 0.3) is 0 Å². The monoisotopic (exact) mass is 168 g/mol. The van der Waals surface area contributed by atoms with Gasteiger partial charge in [-0.15, -0.1) is 0 Å². The van der Waals surface area contributed by atoms with Gasteiger partial charge >= 0.3 is 0 Å². The summed E-state index contributed by atoms with van der Waals surface area (Å²) in [7, 11) is 0. The smallest absolute Gasteiger partial charge is 0.0568 e. The summed E-state index contributed by atoms with van der Waals surface area (Å²) in [5, 5.41) is 9.70. The highest BCUT2D eigenvalue weighted by molar-refractivity contribution is 4.79. The second-order valence-electron chi connectivity index (χ2n) is 4.63. The molecule has 0 radical (unpaired) electrons. The van der Waals surface area contributed by atoms with Gasteiger partial charge in [-0.25, -0.2) is 0 Å². The highest BCUT2D eigenvalue weighted by Crippen LogP contribution is 2.37. The maximum atomic E-state index is 9.70. The molecule has 0 aromatic rings. The lowest BCUT2D eigenvalue weighted by Crippen LogP contribution is -2.24. The fourth-order valence-corrected chi connectivity index (χ4v) is 2.38. The molecule has 0 unspecified atom stereocenters. The number of rotatable bonds is 3. The standard InChI is InChI=1S/C11H20O/c12-11-4-2-1-3-10(11)8-7-9-5-6-9/h9-12H,1-8H2/t10-,11+/m0/s1. The first-order chi connectivity index (χ1) is 5.86. The van der Waals surface area contributed by atoms with Crippen LogP contribution in [0.3, 0.4) is 0 Å². The van der Waals surface area contributed by atoms with Crippen LogP contribution < -0.4 is 0 Å². The molecule has 2 aliphatic carbocycles. The third-order valence-corrected chi connectivity index (χ3v) is 3.51. The molecule has 2 saturated carbocycles. The average Bonchev–Trinajstić information content (AvgIpc) is 2.86. The van der Waals surface area contributed by atoms with E-state index in [-0.39, 0.29) is 6.10 Å². The molecule has 12 heavy (non-hydrogen) atoms. The van der Waals surface area contributed by atoms with Crippen molar-refractivity contribution in [1.82, 2.24) is 0 Å². The molecule has 0 saturated heterocycles. The number of aliphatic hydroxyl groups excluding tert-OH is 1. The van der Waals surface area contributed by atoms with Crippen molar-refractivity contribution in [3.05, 3.63) is 0 Å². The predicted octanol–water partition coefficient (Wildman–Crippen LogP) is 2.73. The summed E-state index contributed by atoms with van der Waals surface area (Å²) in [4.78, 5) is 0. The fraction of sp³-hybridized carbons (Fsp3) is 1.00. The zero-order valence-corrected chi connectivity index (χ0v) is 7.84. The molecule has 2 aliphatic rings. The summed E-state index contributed by atoms with van der Waals surface area (Å²) in [5.41, 5.74) is 0. The Hall–Kier alpha value is -0.0400. The summed E-state index contributed by atoms with van der Waals surface area (Å²) >= 11 is 0. The molecule has 1 N–H and O–H groups in total. The van der Waals surface area contributed by atoms with E-state index in [1.54, 1.807) is 0 Å². The molecule has 0 heterocycles. The molecule has 2 rings (SSSR count). The van der Waals surface area contributed by atoms with Crippen LogP contribution in [0.1, 0.15) is 51.4 Å². The molecule has 2 fully saturated rings. The van der Waals surface area contributed by atoms with E-state index >= 15 is 0 Å². The van der Waals surface area contributed by atoms with Gasteiger partial charge in [-0.1, -0.05) is 32.1 Å². The highest BCUT2D eigenvalue weighted by Gasteiger charge is 2.26. The molecule has 0 aliphatic heterocycles. The summed E-state index contributed by atoms with van der Waals surface area (Å²) in [6.45, 7) is 0. The average molecular weight is 168 g/mol. The van der Waals surface area contributed by atoms with Gasteiger partial charge in [0.2, 0.25) is 0 Å². The van der Waals surface area contributed by atoms with Gasteiger partial charge in [0, 0.05) is 0 Å². The van der Waals surface area contributed by atoms with E-state index in [0.717, 1.165) is 12.3 Å². The van der Waals surface area contributed by atoms with E-state index in [9.17, 15) is 5.11 Å². The van der Waals surface area contributed by atoms with Gasteiger partial charge in [-0.05, 0) is 31.1 Å². The molecule has 0 aromatic heterocycles. The Morgan fingerprint density at radius 3 is 2.33 bits per heavy atom. The highest BCUT2D eigenvalue weighted by atomic mass is 16.3. The van der Waals surface area contributed by atoms with Crippen molar-refractivity contribution in [2.45, 2.75) is 57.5 Å². The van der Waals surface area contributed by atoms with Crippen LogP contribution >= 0.6 is 0 Å². The van der Waals surface area contributed by atoms with Gasteiger partial charge in [-0.2, -0.15) is 0 Å². The Morgan fingerprint density at radius 1 is 0.917 bits per heavy atom. The molecule has 2 atom stereocenters. The van der Waals surface area contributed by atoms with E-state index in [4.69, 9.17) is 0 Å². The van der Waals surface area contributed by atoms with Gasteiger partial charge in [0.1, 0.15) is 0 Å². The minimum Gasteiger partial charge on any atom is -0.393 e. The molecule has 0 bridgehead atoms. The summed E-state index contributed by atoms with van der Waals surface area (Å²) in [6, 6.07) is 0. The topological polar surface area (TPSA) is 20.2 Å². The SMILES string of the molecule is O[C@@H]1CCCC[C@H]1CCC1CC1. The molecule has 70 valence electrons. The van der Waals surface area contributed by atoms with Crippen molar-refractivity contribution < 1.29 is 5.11 Å². The Morgan fingerprint density at radius 2 is 1.67 bits per heavy atom. The van der Waals surface area contributed by atoms with Gasteiger partial charge in [0.25, 0.3) is 0 Å². The first-order valence-corrected chi connectivity index (χ1v) is 5.54. The van der Waals surface area contributed by atoms with Crippen LogP contribution in [0.15, 0.2) is 0 Å². The third-order valence-electron chi connectivity index (χ3n) is 3.51. The van der Waals surface area contributed by atoms with Crippen molar-refractivity contribution in [2.75, 3.05) is 0 Å². The largest absolute Gasteiger partial charge is 0.393 e. The third kappa shape index (κ3) is 2.22. The fourth-order valence-electron chi connectivity index (χ4n) is 2.38. The van der Waals surface area contributed by atoms with Crippen molar-refractivity contribution >= 4 is 0 Å². The van der Waals surface area contributed by atoms with Crippen LogP contribution in [0.4, 0.5) is 0 Å². The maximum Gasteiger partial charge on any atom is 0.0568 e. The zero-order chi connectivity index (χ0) is 8.39. The normalized spacial score (nSPS) is 36.8. The Kier molecular flexibility index (Phi) is 2.69. The van der Waals surface area contributed by atoms with Gasteiger partial charge in [-0.3, -0.25) is 0 Å². The van der Waals surface area contributed by atoms with Gasteiger partial charge in [0.15, 0.2) is 0 Å². The van der Waals surface area contributed by atoms with Crippen molar-refractivity contribution in [2.24, 2.45) is 11.8 Å². The second kappa shape index (κ2) is 3.78. The van der Waals surface area contributed by atoms with Crippen LogP contribution in [0, 0.1) is 11.8 Å². The number of hydrogen-bond donors (Lipinski definition) is 1. The van der Waals surface area contributed by atoms with Crippen LogP contribution in [-0.2, 0) is 0 Å². The number of aliphatic hydroxyl groups is 1. The quantitative estimate of drug-likeness (QED) is 0.687. The minimum absolute atomic E-state index is 0.0394. The van der Waals surface area contributed by atoms with Crippen LogP contribution in [-0.4, -0.2) is 11.2 Å². The van der Waals surface area contributed by atoms with Crippen LogP contribution in [0.2, 0.25) is 0 Å². The molecular weight excluding hydrogens is 148 g/mol. The van der Waals surface area contributed by atoms with E-state index in [1.807, 2.05) is 0 Å². The second-order valence-corrected chi connectivity index (χ2v) is 4.63. The summed E-state index contributed by atoms with van der Waals surface area (Å²) in [6.07, 6.45) is 10.6. The maximum absolute atomic E-state index is 9.70. The van der Waals surface area contributed by atoms with E-state index in [0.29, 0.717) is 5.92 Å². The molecular formula is C11H20O.